The molecule has 1 saturated carbocycles. The number of halogens is 3. The van der Waals surface area contributed by atoms with Gasteiger partial charge in [0.2, 0.25) is 0 Å². The number of rotatable bonds is 5. The second-order valence-electron chi connectivity index (χ2n) is 5.18. The SMILES string of the molecule is OC1CC(CNC(CC(F)(F)F)c2ccccc2)C1. The van der Waals surface area contributed by atoms with Crippen molar-refractivity contribution in [3.8, 4) is 0 Å². The second-order valence-corrected chi connectivity index (χ2v) is 5.18. The van der Waals surface area contributed by atoms with Crippen LogP contribution in [0.3, 0.4) is 0 Å². The van der Waals surface area contributed by atoms with Gasteiger partial charge in [-0.1, -0.05) is 30.3 Å². The third-order valence-corrected chi connectivity index (χ3v) is 3.50. The van der Waals surface area contributed by atoms with Crippen LogP contribution in [0.4, 0.5) is 13.2 Å². The van der Waals surface area contributed by atoms with Crippen LogP contribution < -0.4 is 5.32 Å². The normalized spacial score (nSPS) is 24.8. The van der Waals surface area contributed by atoms with Crippen molar-refractivity contribution in [2.45, 2.75) is 37.6 Å². The minimum absolute atomic E-state index is 0.274. The van der Waals surface area contributed by atoms with Gasteiger partial charge in [0.05, 0.1) is 12.5 Å². The van der Waals surface area contributed by atoms with Crippen LogP contribution in [0, 0.1) is 5.92 Å². The third kappa shape index (κ3) is 4.51. The Balaban J connectivity index is 1.94. The monoisotopic (exact) mass is 273 g/mol. The predicted molar refractivity (Wildman–Crippen MR) is 66.6 cm³/mol. The van der Waals surface area contributed by atoms with Crippen molar-refractivity contribution >= 4 is 0 Å². The smallest absolute Gasteiger partial charge is 0.390 e. The van der Waals surface area contributed by atoms with E-state index in [4.69, 9.17) is 0 Å². The highest BCUT2D eigenvalue weighted by Crippen LogP contribution is 2.31. The summed E-state index contributed by atoms with van der Waals surface area (Å²) in [4.78, 5) is 0. The molecule has 5 heteroatoms. The van der Waals surface area contributed by atoms with Crippen LogP contribution in [0.1, 0.15) is 30.9 Å². The fraction of sp³-hybridized carbons (Fsp3) is 0.571. The van der Waals surface area contributed by atoms with Crippen molar-refractivity contribution in [1.82, 2.24) is 5.32 Å². The van der Waals surface area contributed by atoms with Gasteiger partial charge in [0, 0.05) is 6.04 Å². The fourth-order valence-electron chi connectivity index (χ4n) is 2.40. The molecular formula is C14H18F3NO. The maximum absolute atomic E-state index is 12.6. The highest BCUT2D eigenvalue weighted by atomic mass is 19.4. The lowest BCUT2D eigenvalue weighted by atomic mass is 9.82. The zero-order valence-electron chi connectivity index (χ0n) is 10.5. The second kappa shape index (κ2) is 5.92. The summed E-state index contributed by atoms with van der Waals surface area (Å²) in [6.07, 6.45) is -3.97. The molecule has 2 rings (SSSR count). The molecule has 0 aromatic heterocycles. The maximum atomic E-state index is 12.6. The van der Waals surface area contributed by atoms with E-state index in [1.54, 1.807) is 30.3 Å². The van der Waals surface area contributed by atoms with E-state index in [2.05, 4.69) is 5.32 Å². The van der Waals surface area contributed by atoms with Gasteiger partial charge in [-0.2, -0.15) is 13.2 Å². The van der Waals surface area contributed by atoms with Gasteiger partial charge in [-0.3, -0.25) is 0 Å². The molecule has 1 aromatic rings. The highest BCUT2D eigenvalue weighted by molar-refractivity contribution is 5.19. The summed E-state index contributed by atoms with van der Waals surface area (Å²) in [7, 11) is 0. The number of alkyl halides is 3. The molecule has 1 aromatic carbocycles. The van der Waals surface area contributed by atoms with Gasteiger partial charge in [-0.15, -0.1) is 0 Å². The Labute approximate surface area is 110 Å². The largest absolute Gasteiger partial charge is 0.393 e. The van der Waals surface area contributed by atoms with Crippen molar-refractivity contribution in [2.24, 2.45) is 5.92 Å². The van der Waals surface area contributed by atoms with E-state index in [1.807, 2.05) is 0 Å². The summed E-state index contributed by atoms with van der Waals surface area (Å²) < 4.78 is 37.8. The molecule has 2 nitrogen and oxygen atoms in total. The fourth-order valence-corrected chi connectivity index (χ4v) is 2.40. The number of aliphatic hydroxyl groups excluding tert-OH is 1. The molecule has 2 N–H and O–H groups in total. The van der Waals surface area contributed by atoms with Crippen molar-refractivity contribution in [3.05, 3.63) is 35.9 Å². The van der Waals surface area contributed by atoms with Gasteiger partial charge in [-0.05, 0) is 30.9 Å². The molecule has 19 heavy (non-hydrogen) atoms. The van der Waals surface area contributed by atoms with Crippen molar-refractivity contribution in [2.75, 3.05) is 6.54 Å². The Morgan fingerprint density at radius 2 is 1.84 bits per heavy atom. The number of nitrogens with one attached hydrogen (secondary N) is 1. The summed E-state index contributed by atoms with van der Waals surface area (Å²) in [5.74, 6) is 0.287. The minimum atomic E-state index is -4.19. The maximum Gasteiger partial charge on any atom is 0.390 e. The van der Waals surface area contributed by atoms with Crippen LogP contribution in [-0.4, -0.2) is 23.9 Å². The molecule has 1 aliphatic carbocycles. The van der Waals surface area contributed by atoms with Gasteiger partial charge in [0.15, 0.2) is 0 Å². The molecule has 0 radical (unpaired) electrons. The number of hydrogen-bond acceptors (Lipinski definition) is 2. The van der Waals surface area contributed by atoms with Crippen molar-refractivity contribution in [3.63, 3.8) is 0 Å². The molecular weight excluding hydrogens is 255 g/mol. The van der Waals surface area contributed by atoms with E-state index in [9.17, 15) is 18.3 Å². The van der Waals surface area contributed by atoms with Crippen molar-refractivity contribution in [1.29, 1.82) is 0 Å². The van der Waals surface area contributed by atoms with E-state index < -0.39 is 18.6 Å². The standard InChI is InChI=1S/C14H18F3NO/c15-14(16,17)8-13(11-4-2-1-3-5-11)18-9-10-6-12(19)7-10/h1-5,10,12-13,18-19H,6-9H2. The molecule has 0 bridgehead atoms. The molecule has 0 spiro atoms. The van der Waals surface area contributed by atoms with E-state index >= 15 is 0 Å². The molecule has 1 fully saturated rings. The first kappa shape index (κ1) is 14.3. The summed E-state index contributed by atoms with van der Waals surface area (Å²) in [6, 6.07) is 7.98. The first-order valence-corrected chi connectivity index (χ1v) is 6.47. The molecule has 1 aliphatic rings. The lowest BCUT2D eigenvalue weighted by Crippen LogP contribution is -2.38. The van der Waals surface area contributed by atoms with E-state index in [1.165, 1.54) is 0 Å². The zero-order valence-corrected chi connectivity index (χ0v) is 10.5. The Hall–Kier alpha value is -1.07. The average molecular weight is 273 g/mol. The van der Waals surface area contributed by atoms with Crippen LogP contribution in [0.25, 0.3) is 0 Å². The van der Waals surface area contributed by atoms with Gasteiger partial charge in [0.1, 0.15) is 0 Å². The average Bonchev–Trinajstić information content (AvgIpc) is 2.31. The first-order chi connectivity index (χ1) is 8.94. The Morgan fingerprint density at radius 1 is 1.21 bits per heavy atom. The minimum Gasteiger partial charge on any atom is -0.393 e. The topological polar surface area (TPSA) is 32.3 Å². The molecule has 0 heterocycles. The molecule has 106 valence electrons. The van der Waals surface area contributed by atoms with Gasteiger partial charge in [-0.25, -0.2) is 0 Å². The first-order valence-electron chi connectivity index (χ1n) is 6.47. The molecule has 0 aliphatic heterocycles. The molecule has 1 atom stereocenters. The molecule has 0 amide bonds. The van der Waals surface area contributed by atoms with Crippen LogP contribution in [0.5, 0.6) is 0 Å². The lowest BCUT2D eigenvalue weighted by molar-refractivity contribution is -0.140. The van der Waals surface area contributed by atoms with E-state index in [-0.39, 0.29) is 12.0 Å². The summed E-state index contributed by atoms with van der Waals surface area (Å²) in [5, 5.41) is 12.2. The Bertz CT molecular complexity index is 387. The number of hydrogen-bond donors (Lipinski definition) is 2. The summed E-state index contributed by atoms with van der Waals surface area (Å²) in [5.41, 5.74) is 0.652. The summed E-state index contributed by atoms with van der Waals surface area (Å²) >= 11 is 0. The van der Waals surface area contributed by atoms with Gasteiger partial charge >= 0.3 is 6.18 Å². The lowest BCUT2D eigenvalue weighted by Gasteiger charge is -2.33. The Kier molecular flexibility index (Phi) is 4.47. The van der Waals surface area contributed by atoms with Gasteiger partial charge in [0.25, 0.3) is 0 Å². The molecule has 1 unspecified atom stereocenters. The van der Waals surface area contributed by atoms with Crippen molar-refractivity contribution < 1.29 is 18.3 Å². The predicted octanol–water partition coefficient (Wildman–Crippen LogP) is 3.04. The Morgan fingerprint density at radius 3 is 2.37 bits per heavy atom. The van der Waals surface area contributed by atoms with E-state index in [0.717, 1.165) is 0 Å². The van der Waals surface area contributed by atoms with Gasteiger partial charge < -0.3 is 10.4 Å². The van der Waals surface area contributed by atoms with Crippen LogP contribution in [0.2, 0.25) is 0 Å². The zero-order chi connectivity index (χ0) is 13.9. The van der Waals surface area contributed by atoms with E-state index in [0.29, 0.717) is 24.9 Å². The number of aliphatic hydroxyl groups is 1. The van der Waals surface area contributed by atoms with Crippen LogP contribution in [0.15, 0.2) is 30.3 Å². The van der Waals surface area contributed by atoms with Crippen LogP contribution >= 0.6 is 0 Å². The summed E-state index contributed by atoms with van der Waals surface area (Å²) in [6.45, 7) is 0.521. The molecule has 0 saturated heterocycles. The number of benzene rings is 1. The third-order valence-electron chi connectivity index (χ3n) is 3.50. The quantitative estimate of drug-likeness (QED) is 0.864. The highest BCUT2D eigenvalue weighted by Gasteiger charge is 2.34. The van der Waals surface area contributed by atoms with Crippen LogP contribution in [-0.2, 0) is 0 Å².